The molecular weight excluding hydrogens is 376 g/mol. The van der Waals surface area contributed by atoms with E-state index in [0.29, 0.717) is 30.3 Å². The first-order valence-electron chi connectivity index (χ1n) is 10.5. The Labute approximate surface area is 178 Å². The van der Waals surface area contributed by atoms with Crippen LogP contribution < -0.4 is 14.8 Å². The highest BCUT2D eigenvalue weighted by Gasteiger charge is 2.18. The fourth-order valence-electron chi connectivity index (χ4n) is 3.37. The highest BCUT2D eigenvalue weighted by atomic mass is 16.5. The molecule has 1 N–H and O–H groups in total. The van der Waals surface area contributed by atoms with E-state index in [2.05, 4.69) is 19.2 Å². The highest BCUT2D eigenvalue weighted by molar-refractivity contribution is 6.06. The van der Waals surface area contributed by atoms with E-state index in [-0.39, 0.29) is 17.9 Å². The summed E-state index contributed by atoms with van der Waals surface area (Å²) in [7, 11) is 0. The zero-order valence-corrected chi connectivity index (χ0v) is 18.4. The van der Waals surface area contributed by atoms with Crippen LogP contribution in [0.2, 0.25) is 0 Å². The molecule has 2 aromatic carbocycles. The summed E-state index contributed by atoms with van der Waals surface area (Å²) < 4.78 is 11.4. The van der Waals surface area contributed by atoms with Crippen LogP contribution >= 0.6 is 0 Å². The molecule has 1 amide bonds. The molecule has 158 valence electrons. The topological polar surface area (TPSA) is 60.5 Å². The van der Waals surface area contributed by atoms with Crippen molar-refractivity contribution in [1.82, 2.24) is 10.3 Å². The van der Waals surface area contributed by atoms with Gasteiger partial charge in [0.05, 0.1) is 30.3 Å². The Bertz CT molecular complexity index is 1030. The molecule has 0 saturated heterocycles. The molecule has 1 unspecified atom stereocenters. The van der Waals surface area contributed by atoms with Gasteiger partial charge in [-0.3, -0.25) is 9.78 Å². The minimum absolute atomic E-state index is 0.116. The van der Waals surface area contributed by atoms with Crippen molar-refractivity contribution in [3.8, 4) is 11.5 Å². The van der Waals surface area contributed by atoms with Crippen molar-refractivity contribution in [1.29, 1.82) is 0 Å². The third-order valence-electron chi connectivity index (χ3n) is 4.99. The zero-order chi connectivity index (χ0) is 21.7. The lowest BCUT2D eigenvalue weighted by molar-refractivity contribution is 0.0941. The highest BCUT2D eigenvalue weighted by Crippen LogP contribution is 2.31. The average molecular weight is 407 g/mol. The van der Waals surface area contributed by atoms with E-state index >= 15 is 0 Å². The molecule has 1 heterocycles. The lowest BCUT2D eigenvalue weighted by Crippen LogP contribution is -2.27. The number of ether oxygens (including phenoxy) is 2. The van der Waals surface area contributed by atoms with E-state index in [4.69, 9.17) is 14.5 Å². The Morgan fingerprint density at radius 1 is 0.967 bits per heavy atom. The number of hydrogen-bond acceptors (Lipinski definition) is 4. The van der Waals surface area contributed by atoms with Crippen molar-refractivity contribution in [2.45, 2.75) is 46.6 Å². The van der Waals surface area contributed by atoms with Gasteiger partial charge in [-0.05, 0) is 56.5 Å². The van der Waals surface area contributed by atoms with Gasteiger partial charge in [0.25, 0.3) is 5.91 Å². The zero-order valence-electron chi connectivity index (χ0n) is 18.4. The van der Waals surface area contributed by atoms with Crippen molar-refractivity contribution >= 4 is 16.8 Å². The molecule has 0 spiro atoms. The predicted molar refractivity (Wildman–Crippen MR) is 120 cm³/mol. The van der Waals surface area contributed by atoms with Gasteiger partial charge < -0.3 is 14.8 Å². The standard InChI is InChI=1S/C25H30N2O3/c1-6-29-23-13-12-18(14-24(23)30-7-2)17(5)26-25(28)20-15-22(16(3)4)27-21-11-9-8-10-19(20)21/h8-17H,6-7H2,1-5H3,(H,26,28). The maximum absolute atomic E-state index is 13.2. The summed E-state index contributed by atoms with van der Waals surface area (Å²) in [5.74, 6) is 1.52. The number of amides is 1. The summed E-state index contributed by atoms with van der Waals surface area (Å²) >= 11 is 0. The van der Waals surface area contributed by atoms with Gasteiger partial charge in [0.1, 0.15) is 0 Å². The van der Waals surface area contributed by atoms with Gasteiger partial charge in [-0.2, -0.15) is 0 Å². The first-order chi connectivity index (χ1) is 14.4. The van der Waals surface area contributed by atoms with Gasteiger partial charge in [-0.25, -0.2) is 0 Å². The molecule has 0 aliphatic rings. The Morgan fingerprint density at radius 3 is 2.37 bits per heavy atom. The molecule has 1 aromatic heterocycles. The molecule has 0 radical (unpaired) electrons. The minimum Gasteiger partial charge on any atom is -0.490 e. The molecule has 0 saturated carbocycles. The van der Waals surface area contributed by atoms with Crippen LogP contribution in [0.5, 0.6) is 11.5 Å². The molecule has 0 aliphatic carbocycles. The minimum atomic E-state index is -0.193. The van der Waals surface area contributed by atoms with Crippen LogP contribution in [-0.2, 0) is 0 Å². The molecule has 5 nitrogen and oxygen atoms in total. The Kier molecular flexibility index (Phi) is 6.93. The smallest absolute Gasteiger partial charge is 0.252 e. The second kappa shape index (κ2) is 9.61. The number of fused-ring (bicyclic) bond motifs is 1. The van der Waals surface area contributed by atoms with E-state index in [9.17, 15) is 4.79 Å². The van der Waals surface area contributed by atoms with Crippen LogP contribution in [0.25, 0.3) is 10.9 Å². The second-order valence-electron chi connectivity index (χ2n) is 7.53. The van der Waals surface area contributed by atoms with E-state index < -0.39 is 0 Å². The Morgan fingerprint density at radius 2 is 1.67 bits per heavy atom. The lowest BCUT2D eigenvalue weighted by Gasteiger charge is -2.18. The van der Waals surface area contributed by atoms with E-state index in [1.54, 1.807) is 0 Å². The number of hydrogen-bond donors (Lipinski definition) is 1. The van der Waals surface area contributed by atoms with Gasteiger partial charge in [0, 0.05) is 11.1 Å². The van der Waals surface area contributed by atoms with Gasteiger partial charge >= 0.3 is 0 Å². The van der Waals surface area contributed by atoms with Crippen LogP contribution in [0.3, 0.4) is 0 Å². The first kappa shape index (κ1) is 21.6. The largest absolute Gasteiger partial charge is 0.490 e. The van der Waals surface area contributed by atoms with Crippen LogP contribution in [0.15, 0.2) is 48.5 Å². The number of nitrogens with zero attached hydrogens (tertiary/aromatic N) is 1. The molecular formula is C25H30N2O3. The van der Waals surface area contributed by atoms with Crippen molar-refractivity contribution in [3.05, 3.63) is 65.4 Å². The van der Waals surface area contributed by atoms with Gasteiger partial charge in [0.15, 0.2) is 11.5 Å². The van der Waals surface area contributed by atoms with Crippen LogP contribution in [0.1, 0.15) is 68.2 Å². The predicted octanol–water partition coefficient (Wildman–Crippen LogP) is 5.65. The average Bonchev–Trinajstić information content (AvgIpc) is 2.74. The quantitative estimate of drug-likeness (QED) is 0.525. The number of pyridine rings is 1. The lowest BCUT2D eigenvalue weighted by atomic mass is 10.0. The van der Waals surface area contributed by atoms with Crippen molar-refractivity contribution in [2.24, 2.45) is 0 Å². The summed E-state index contributed by atoms with van der Waals surface area (Å²) in [5.41, 5.74) is 3.34. The Hall–Kier alpha value is -3.08. The number of benzene rings is 2. The summed E-state index contributed by atoms with van der Waals surface area (Å²) in [5, 5.41) is 3.98. The number of carbonyl (C=O) groups excluding carboxylic acids is 1. The summed E-state index contributed by atoms with van der Waals surface area (Å²) in [6.07, 6.45) is 0. The maximum Gasteiger partial charge on any atom is 0.252 e. The number of carbonyl (C=O) groups is 1. The summed E-state index contributed by atoms with van der Waals surface area (Å²) in [4.78, 5) is 17.9. The summed E-state index contributed by atoms with van der Waals surface area (Å²) in [6, 6.07) is 15.3. The molecule has 5 heteroatoms. The molecule has 3 rings (SSSR count). The molecule has 1 atom stereocenters. The maximum atomic E-state index is 13.2. The number of aromatic nitrogens is 1. The number of rotatable bonds is 8. The molecule has 3 aromatic rings. The van der Waals surface area contributed by atoms with Crippen LogP contribution in [-0.4, -0.2) is 24.1 Å². The fraction of sp³-hybridized carbons (Fsp3) is 0.360. The third-order valence-corrected chi connectivity index (χ3v) is 4.99. The third kappa shape index (κ3) is 4.73. The van der Waals surface area contributed by atoms with Crippen LogP contribution in [0.4, 0.5) is 0 Å². The normalized spacial score (nSPS) is 12.1. The van der Waals surface area contributed by atoms with Crippen molar-refractivity contribution < 1.29 is 14.3 Å². The summed E-state index contributed by atoms with van der Waals surface area (Å²) in [6.45, 7) is 11.1. The van der Waals surface area contributed by atoms with Crippen LogP contribution in [0, 0.1) is 0 Å². The van der Waals surface area contributed by atoms with Crippen molar-refractivity contribution in [2.75, 3.05) is 13.2 Å². The van der Waals surface area contributed by atoms with Gasteiger partial charge in [-0.1, -0.05) is 38.1 Å². The monoisotopic (exact) mass is 406 g/mol. The second-order valence-corrected chi connectivity index (χ2v) is 7.53. The molecule has 30 heavy (non-hydrogen) atoms. The molecule has 0 aliphatic heterocycles. The molecule has 0 fully saturated rings. The van der Waals surface area contributed by atoms with Gasteiger partial charge in [-0.15, -0.1) is 0 Å². The van der Waals surface area contributed by atoms with Crippen molar-refractivity contribution in [3.63, 3.8) is 0 Å². The van der Waals surface area contributed by atoms with E-state index in [1.807, 2.05) is 69.3 Å². The number of para-hydroxylation sites is 1. The SMILES string of the molecule is CCOc1ccc(C(C)NC(=O)c2cc(C(C)C)nc3ccccc23)cc1OCC. The van der Waals surface area contributed by atoms with E-state index in [0.717, 1.165) is 22.2 Å². The molecule has 0 bridgehead atoms. The Balaban J connectivity index is 1.90. The fourth-order valence-corrected chi connectivity index (χ4v) is 3.37. The number of nitrogens with one attached hydrogen (secondary N) is 1. The first-order valence-corrected chi connectivity index (χ1v) is 10.5. The van der Waals surface area contributed by atoms with E-state index in [1.165, 1.54) is 0 Å². The van der Waals surface area contributed by atoms with Gasteiger partial charge in [0.2, 0.25) is 0 Å².